The molecule has 26 heavy (non-hydrogen) atoms. The van der Waals surface area contributed by atoms with Crippen molar-refractivity contribution in [3.05, 3.63) is 54.2 Å². The number of benzene rings is 1. The third-order valence-electron chi connectivity index (χ3n) is 3.98. The first kappa shape index (κ1) is 17.8. The third kappa shape index (κ3) is 5.02. The van der Waals surface area contributed by atoms with E-state index in [1.807, 2.05) is 12.1 Å². The van der Waals surface area contributed by atoms with E-state index in [-0.39, 0.29) is 11.7 Å². The van der Waals surface area contributed by atoms with Gasteiger partial charge < -0.3 is 15.0 Å². The summed E-state index contributed by atoms with van der Waals surface area (Å²) in [6.07, 6.45) is 6.96. The fourth-order valence-electron chi connectivity index (χ4n) is 2.71. The number of pyridine rings is 1. The van der Waals surface area contributed by atoms with Crippen LogP contribution in [-0.4, -0.2) is 30.6 Å². The van der Waals surface area contributed by atoms with E-state index in [4.69, 9.17) is 0 Å². The van der Waals surface area contributed by atoms with Gasteiger partial charge in [-0.25, -0.2) is 4.98 Å². The summed E-state index contributed by atoms with van der Waals surface area (Å²) in [5, 5.41) is 2.74. The minimum absolute atomic E-state index is 0.0748. The first-order chi connectivity index (χ1) is 12.6. The van der Waals surface area contributed by atoms with Gasteiger partial charge in [0.1, 0.15) is 11.6 Å². The molecule has 1 N–H and O–H groups in total. The Bertz CT molecular complexity index is 755. The molecule has 1 saturated heterocycles. The lowest BCUT2D eigenvalue weighted by Crippen LogP contribution is -2.18. The molecule has 0 aliphatic carbocycles. The predicted molar refractivity (Wildman–Crippen MR) is 96.4 cm³/mol. The van der Waals surface area contributed by atoms with Crippen LogP contribution in [0, 0.1) is 0 Å². The van der Waals surface area contributed by atoms with E-state index in [2.05, 4.69) is 19.9 Å². The Morgan fingerprint density at radius 3 is 2.50 bits per heavy atom. The van der Waals surface area contributed by atoms with Gasteiger partial charge in [0.25, 0.3) is 0 Å². The number of nitrogens with zero attached hydrogens (tertiary/aromatic N) is 2. The number of rotatable bonds is 6. The number of hydrogen-bond donors (Lipinski definition) is 1. The van der Waals surface area contributed by atoms with Gasteiger partial charge in [-0.05, 0) is 48.7 Å². The van der Waals surface area contributed by atoms with Crippen molar-refractivity contribution in [3.63, 3.8) is 0 Å². The smallest absolute Gasteiger partial charge is 0.387 e. The molecule has 2 heterocycles. The minimum Gasteiger partial charge on any atom is -0.435 e. The number of ether oxygens (including phenoxy) is 1. The molecule has 1 aromatic heterocycles. The fourth-order valence-corrected chi connectivity index (χ4v) is 2.71. The van der Waals surface area contributed by atoms with E-state index in [1.54, 1.807) is 24.4 Å². The molecule has 1 fully saturated rings. The Labute approximate surface area is 150 Å². The highest BCUT2D eigenvalue weighted by Crippen LogP contribution is 2.19. The molecule has 1 aliphatic heterocycles. The summed E-state index contributed by atoms with van der Waals surface area (Å²) >= 11 is 0. The number of aromatic nitrogens is 1. The van der Waals surface area contributed by atoms with E-state index in [0.717, 1.165) is 18.9 Å². The number of halogens is 2. The van der Waals surface area contributed by atoms with Gasteiger partial charge in [-0.3, -0.25) is 4.79 Å². The van der Waals surface area contributed by atoms with Gasteiger partial charge in [0.15, 0.2) is 0 Å². The highest BCUT2D eigenvalue weighted by atomic mass is 19.3. The monoisotopic (exact) mass is 359 g/mol. The largest absolute Gasteiger partial charge is 0.435 e. The molecule has 1 amide bonds. The second kappa shape index (κ2) is 8.42. The highest BCUT2D eigenvalue weighted by Gasteiger charge is 2.13. The van der Waals surface area contributed by atoms with Gasteiger partial charge in [-0.1, -0.05) is 12.1 Å². The van der Waals surface area contributed by atoms with Crippen molar-refractivity contribution in [1.82, 2.24) is 4.98 Å². The zero-order valence-corrected chi connectivity index (χ0v) is 14.1. The standard InChI is InChI=1S/C19H19F2N3O2/c20-19(21)26-16-7-3-14(4-8-16)5-10-18(25)23-15-6-9-17(22-13-15)24-11-1-2-12-24/h3-10,13,19H,1-2,11-12H2,(H,23,25)/b10-5+. The van der Waals surface area contributed by atoms with Gasteiger partial charge in [0, 0.05) is 19.2 Å². The van der Waals surface area contributed by atoms with Gasteiger partial charge in [-0.2, -0.15) is 8.78 Å². The molecule has 0 spiro atoms. The molecular formula is C19H19F2N3O2. The zero-order valence-electron chi connectivity index (χ0n) is 14.1. The molecule has 0 atom stereocenters. The van der Waals surface area contributed by atoms with Crippen molar-refractivity contribution < 1.29 is 18.3 Å². The van der Waals surface area contributed by atoms with E-state index in [1.165, 1.54) is 31.1 Å². The molecular weight excluding hydrogens is 340 g/mol. The lowest BCUT2D eigenvalue weighted by molar-refractivity contribution is -0.111. The molecule has 1 aliphatic rings. The number of hydrogen-bond acceptors (Lipinski definition) is 4. The number of carbonyl (C=O) groups excluding carboxylic acids is 1. The summed E-state index contributed by atoms with van der Waals surface area (Å²) in [6.45, 7) is -0.821. The van der Waals surface area contributed by atoms with Crippen molar-refractivity contribution in [2.45, 2.75) is 19.5 Å². The van der Waals surface area contributed by atoms with Crippen LogP contribution < -0.4 is 15.0 Å². The first-order valence-electron chi connectivity index (χ1n) is 8.35. The van der Waals surface area contributed by atoms with Crippen molar-refractivity contribution in [3.8, 4) is 5.75 Å². The normalized spacial score (nSPS) is 14.2. The molecule has 5 nitrogen and oxygen atoms in total. The topological polar surface area (TPSA) is 54.5 Å². The van der Waals surface area contributed by atoms with Gasteiger partial charge in [0.2, 0.25) is 5.91 Å². The third-order valence-corrected chi connectivity index (χ3v) is 3.98. The van der Waals surface area contributed by atoms with Crippen LogP contribution in [0.5, 0.6) is 5.75 Å². The van der Waals surface area contributed by atoms with Gasteiger partial charge >= 0.3 is 6.61 Å². The van der Waals surface area contributed by atoms with Crippen LogP contribution >= 0.6 is 0 Å². The average molecular weight is 359 g/mol. The summed E-state index contributed by atoms with van der Waals surface area (Å²) in [7, 11) is 0. The van der Waals surface area contributed by atoms with Crippen LogP contribution in [0.3, 0.4) is 0 Å². The molecule has 0 saturated carbocycles. The molecule has 3 rings (SSSR count). The van der Waals surface area contributed by atoms with Crippen molar-refractivity contribution in [2.75, 3.05) is 23.3 Å². The number of carbonyl (C=O) groups is 1. The predicted octanol–water partition coefficient (Wildman–Crippen LogP) is 3.94. The summed E-state index contributed by atoms with van der Waals surface area (Å²) < 4.78 is 28.5. The number of anilines is 2. The summed E-state index contributed by atoms with van der Waals surface area (Å²) in [6, 6.07) is 9.74. The first-order valence-corrected chi connectivity index (χ1v) is 8.35. The van der Waals surface area contributed by atoms with Crippen LogP contribution in [-0.2, 0) is 4.79 Å². The van der Waals surface area contributed by atoms with E-state index >= 15 is 0 Å². The van der Waals surface area contributed by atoms with Gasteiger partial charge in [-0.15, -0.1) is 0 Å². The quantitative estimate of drug-likeness (QED) is 0.794. The van der Waals surface area contributed by atoms with Crippen molar-refractivity contribution in [2.24, 2.45) is 0 Å². The molecule has 7 heteroatoms. The fraction of sp³-hybridized carbons (Fsp3) is 0.263. The van der Waals surface area contributed by atoms with Crippen molar-refractivity contribution >= 4 is 23.5 Å². The molecule has 0 radical (unpaired) electrons. The Morgan fingerprint density at radius 1 is 1.15 bits per heavy atom. The van der Waals surface area contributed by atoms with Crippen LogP contribution in [0.2, 0.25) is 0 Å². The second-order valence-corrected chi connectivity index (χ2v) is 5.87. The SMILES string of the molecule is O=C(/C=C/c1ccc(OC(F)F)cc1)Nc1ccc(N2CCCC2)nc1. The Morgan fingerprint density at radius 2 is 1.88 bits per heavy atom. The van der Waals surface area contributed by atoms with Crippen molar-refractivity contribution in [1.29, 1.82) is 0 Å². The Hall–Kier alpha value is -2.96. The van der Waals surface area contributed by atoms with E-state index < -0.39 is 6.61 Å². The summed E-state index contributed by atoms with van der Waals surface area (Å²) in [5.74, 6) is 0.696. The maximum Gasteiger partial charge on any atom is 0.387 e. The van der Waals surface area contributed by atoms with Crippen LogP contribution in [0.15, 0.2) is 48.7 Å². The number of alkyl halides is 2. The lowest BCUT2D eigenvalue weighted by Gasteiger charge is -2.16. The maximum absolute atomic E-state index is 12.1. The molecule has 1 aromatic carbocycles. The van der Waals surface area contributed by atoms with E-state index in [9.17, 15) is 13.6 Å². The van der Waals surface area contributed by atoms with Gasteiger partial charge in [0.05, 0.1) is 11.9 Å². The molecule has 136 valence electrons. The summed E-state index contributed by atoms with van der Waals surface area (Å²) in [5.41, 5.74) is 1.31. The van der Waals surface area contributed by atoms with E-state index in [0.29, 0.717) is 11.3 Å². The molecule has 0 unspecified atom stereocenters. The maximum atomic E-state index is 12.1. The van der Waals surface area contributed by atoms with Crippen LogP contribution in [0.4, 0.5) is 20.3 Å². The summed E-state index contributed by atoms with van der Waals surface area (Å²) in [4.78, 5) is 18.6. The number of amides is 1. The second-order valence-electron chi connectivity index (χ2n) is 5.87. The van der Waals surface area contributed by atoms with Crippen LogP contribution in [0.1, 0.15) is 18.4 Å². The number of nitrogens with one attached hydrogen (secondary N) is 1. The Balaban J connectivity index is 1.53. The molecule has 2 aromatic rings. The average Bonchev–Trinajstić information content (AvgIpc) is 3.16. The zero-order chi connectivity index (χ0) is 18.4. The lowest BCUT2D eigenvalue weighted by atomic mass is 10.2. The molecule has 0 bridgehead atoms. The highest BCUT2D eigenvalue weighted by molar-refractivity contribution is 6.01. The van der Waals surface area contributed by atoms with Crippen LogP contribution in [0.25, 0.3) is 6.08 Å². The minimum atomic E-state index is -2.85. The Kier molecular flexibility index (Phi) is 5.78.